The third-order valence-electron chi connectivity index (χ3n) is 8.48. The van der Waals surface area contributed by atoms with Crippen molar-refractivity contribution in [2.24, 2.45) is 22.7 Å². The van der Waals surface area contributed by atoms with Crippen LogP contribution >= 0.6 is 0 Å². The van der Waals surface area contributed by atoms with E-state index in [1.54, 1.807) is 30.3 Å². The average Bonchev–Trinajstić information content (AvgIpc) is 2.76. The Bertz CT molecular complexity index is 897. The molecule has 33 heavy (non-hydrogen) atoms. The monoisotopic (exact) mass is 452 g/mol. The summed E-state index contributed by atoms with van der Waals surface area (Å²) in [5, 5.41) is 20.7. The van der Waals surface area contributed by atoms with E-state index in [1.165, 1.54) is 6.08 Å². The molecule has 5 atom stereocenters. The first kappa shape index (κ1) is 25.3. The topological polar surface area (TPSA) is 66.8 Å². The zero-order valence-corrected chi connectivity index (χ0v) is 20.5. The van der Waals surface area contributed by atoms with Crippen molar-refractivity contribution in [3.63, 3.8) is 0 Å². The van der Waals surface area contributed by atoms with Crippen LogP contribution in [0.2, 0.25) is 0 Å². The lowest BCUT2D eigenvalue weighted by atomic mass is 9.45. The molecule has 0 bridgehead atoms. The molecule has 1 aromatic rings. The van der Waals surface area contributed by atoms with Crippen LogP contribution in [0.5, 0.6) is 5.75 Å². The number of rotatable bonds is 8. The number of aromatic hydroxyl groups is 1. The van der Waals surface area contributed by atoms with Crippen LogP contribution in [0.15, 0.2) is 55.1 Å². The van der Waals surface area contributed by atoms with Crippen LogP contribution in [0, 0.1) is 22.7 Å². The van der Waals surface area contributed by atoms with Crippen LogP contribution in [0.25, 0.3) is 6.08 Å². The van der Waals surface area contributed by atoms with Gasteiger partial charge in [0.15, 0.2) is 0 Å². The number of carbonyl (C=O) groups excluding carboxylic acids is 1. The van der Waals surface area contributed by atoms with Crippen molar-refractivity contribution in [3.8, 4) is 5.75 Å². The molecule has 0 saturated heterocycles. The van der Waals surface area contributed by atoms with Crippen LogP contribution in [0.3, 0.4) is 0 Å². The van der Waals surface area contributed by atoms with E-state index in [9.17, 15) is 15.0 Å². The molecule has 0 amide bonds. The SMILES string of the molecule is C=CC(=C)CC[C@@H]1[C@@]2(C)CCC[C@](C)(COC(=O)/C=C/c3ccc(O)cc3)[C@@H]2CC[C@@]1(C)O. The van der Waals surface area contributed by atoms with E-state index in [0.29, 0.717) is 12.5 Å². The van der Waals surface area contributed by atoms with Gasteiger partial charge >= 0.3 is 5.97 Å². The molecule has 0 aliphatic heterocycles. The highest BCUT2D eigenvalue weighted by molar-refractivity contribution is 5.87. The molecule has 1 aromatic carbocycles. The maximum atomic E-state index is 12.5. The van der Waals surface area contributed by atoms with Crippen LogP contribution in [-0.4, -0.2) is 28.4 Å². The predicted molar refractivity (Wildman–Crippen MR) is 134 cm³/mol. The Morgan fingerprint density at radius 2 is 1.88 bits per heavy atom. The summed E-state index contributed by atoms with van der Waals surface area (Å²) in [6.45, 7) is 14.9. The summed E-state index contributed by atoms with van der Waals surface area (Å²) in [7, 11) is 0. The van der Waals surface area contributed by atoms with Crippen LogP contribution in [0.1, 0.15) is 71.3 Å². The maximum Gasteiger partial charge on any atom is 0.330 e. The van der Waals surface area contributed by atoms with Gasteiger partial charge in [0.2, 0.25) is 0 Å². The molecule has 0 spiro atoms. The van der Waals surface area contributed by atoms with Gasteiger partial charge in [-0.3, -0.25) is 0 Å². The first-order valence-electron chi connectivity index (χ1n) is 12.2. The summed E-state index contributed by atoms with van der Waals surface area (Å²) in [4.78, 5) is 12.5. The first-order chi connectivity index (χ1) is 15.5. The normalized spacial score (nSPS) is 33.9. The number of fused-ring (bicyclic) bond motifs is 1. The van der Waals surface area contributed by atoms with Gasteiger partial charge in [-0.15, -0.1) is 0 Å². The lowest BCUT2D eigenvalue weighted by Crippen LogP contribution is -2.59. The van der Waals surface area contributed by atoms with Gasteiger partial charge in [0.25, 0.3) is 0 Å². The molecule has 2 N–H and O–H groups in total. The van der Waals surface area contributed by atoms with E-state index in [1.807, 2.05) is 13.0 Å². The Morgan fingerprint density at radius 3 is 2.55 bits per heavy atom. The minimum Gasteiger partial charge on any atom is -0.508 e. The number of ether oxygens (including phenoxy) is 1. The van der Waals surface area contributed by atoms with Gasteiger partial charge in [-0.1, -0.05) is 57.2 Å². The molecule has 2 aliphatic rings. The van der Waals surface area contributed by atoms with E-state index in [0.717, 1.165) is 56.1 Å². The van der Waals surface area contributed by atoms with Gasteiger partial charge in [0.05, 0.1) is 12.2 Å². The Labute approximate surface area is 199 Å². The lowest BCUT2D eigenvalue weighted by Gasteiger charge is -2.61. The maximum absolute atomic E-state index is 12.5. The van der Waals surface area contributed by atoms with Crippen LogP contribution < -0.4 is 0 Å². The van der Waals surface area contributed by atoms with E-state index < -0.39 is 5.60 Å². The number of allylic oxidation sites excluding steroid dienone is 2. The molecule has 3 rings (SSSR count). The molecular weight excluding hydrogens is 412 g/mol. The van der Waals surface area contributed by atoms with Gasteiger partial charge in [-0.25, -0.2) is 4.79 Å². The minimum absolute atomic E-state index is 0.00944. The van der Waals surface area contributed by atoms with E-state index >= 15 is 0 Å². The van der Waals surface area contributed by atoms with Crippen molar-refractivity contribution in [1.29, 1.82) is 0 Å². The average molecular weight is 453 g/mol. The van der Waals surface area contributed by atoms with E-state index in [-0.39, 0.29) is 28.5 Å². The zero-order valence-electron chi connectivity index (χ0n) is 20.5. The fourth-order valence-electron chi connectivity index (χ4n) is 6.71. The number of benzene rings is 1. The summed E-state index contributed by atoms with van der Waals surface area (Å²) in [6.07, 6.45) is 11.6. The van der Waals surface area contributed by atoms with Crippen LogP contribution in [-0.2, 0) is 9.53 Å². The molecule has 2 fully saturated rings. The predicted octanol–water partition coefficient (Wildman–Crippen LogP) is 6.44. The molecular formula is C29H40O4. The minimum atomic E-state index is -0.700. The highest BCUT2D eigenvalue weighted by Crippen LogP contribution is 2.63. The fraction of sp³-hybridized carbons (Fsp3) is 0.552. The first-order valence-corrected chi connectivity index (χ1v) is 12.2. The highest BCUT2D eigenvalue weighted by Gasteiger charge is 2.59. The molecule has 0 unspecified atom stereocenters. The summed E-state index contributed by atoms with van der Waals surface area (Å²) in [5.74, 6) is 0.403. The second-order valence-electron chi connectivity index (χ2n) is 10.9. The van der Waals surface area contributed by atoms with Crippen molar-refractivity contribution >= 4 is 12.0 Å². The highest BCUT2D eigenvalue weighted by atomic mass is 16.5. The van der Waals surface area contributed by atoms with Gasteiger partial charge in [0, 0.05) is 11.5 Å². The van der Waals surface area contributed by atoms with Crippen molar-refractivity contribution in [1.82, 2.24) is 0 Å². The Hall–Kier alpha value is -2.33. The Kier molecular flexibility index (Phi) is 7.58. The molecule has 180 valence electrons. The smallest absolute Gasteiger partial charge is 0.330 e. The number of carbonyl (C=O) groups is 1. The number of phenolic OH excluding ortho intramolecular Hbond substituents is 1. The van der Waals surface area contributed by atoms with Crippen molar-refractivity contribution < 1.29 is 19.7 Å². The molecule has 0 aromatic heterocycles. The zero-order chi connectivity index (χ0) is 24.3. The van der Waals surface area contributed by atoms with Gasteiger partial charge in [0.1, 0.15) is 5.75 Å². The standard InChI is InChI=1S/C29H40O4/c1-6-21(2)8-14-25-28(4)18-7-17-27(3,24(28)16-19-29(25,5)32)20-33-26(31)15-11-22-9-12-23(30)13-10-22/h6,9-13,15,24-25,30,32H,1-2,7-8,14,16-20H2,3-5H3/b15-11+/t24-,25+,27+,28-,29+/m0/s1. The summed E-state index contributed by atoms with van der Waals surface area (Å²) >= 11 is 0. The van der Waals surface area contributed by atoms with Crippen molar-refractivity contribution in [2.45, 2.75) is 71.3 Å². The van der Waals surface area contributed by atoms with Gasteiger partial charge in [-0.05, 0) is 86.5 Å². The van der Waals surface area contributed by atoms with Gasteiger partial charge < -0.3 is 14.9 Å². The number of phenols is 1. The Balaban J connectivity index is 1.71. The van der Waals surface area contributed by atoms with E-state index in [2.05, 4.69) is 27.0 Å². The van der Waals surface area contributed by atoms with E-state index in [4.69, 9.17) is 4.74 Å². The summed E-state index contributed by atoms with van der Waals surface area (Å²) in [6, 6.07) is 6.69. The fourth-order valence-corrected chi connectivity index (χ4v) is 6.71. The molecule has 4 nitrogen and oxygen atoms in total. The number of esters is 1. The molecule has 4 heteroatoms. The number of hydrogen-bond donors (Lipinski definition) is 2. The quantitative estimate of drug-likeness (QED) is 0.270. The third kappa shape index (κ3) is 5.60. The largest absolute Gasteiger partial charge is 0.508 e. The molecule has 0 heterocycles. The summed E-state index contributed by atoms with van der Waals surface area (Å²) in [5.41, 5.74) is 1.03. The summed E-state index contributed by atoms with van der Waals surface area (Å²) < 4.78 is 5.76. The third-order valence-corrected chi connectivity index (χ3v) is 8.48. The van der Waals surface area contributed by atoms with Crippen molar-refractivity contribution in [2.75, 3.05) is 6.61 Å². The van der Waals surface area contributed by atoms with Gasteiger partial charge in [-0.2, -0.15) is 0 Å². The second-order valence-corrected chi connectivity index (χ2v) is 10.9. The molecule has 2 aliphatic carbocycles. The Morgan fingerprint density at radius 1 is 1.18 bits per heavy atom. The number of aliphatic hydroxyl groups is 1. The van der Waals surface area contributed by atoms with Crippen molar-refractivity contribution in [3.05, 3.63) is 60.7 Å². The molecule has 0 radical (unpaired) electrons. The lowest BCUT2D eigenvalue weighted by molar-refractivity contribution is -0.185. The number of hydrogen-bond acceptors (Lipinski definition) is 4. The second kappa shape index (κ2) is 9.89. The molecule has 2 saturated carbocycles. The van der Waals surface area contributed by atoms with Crippen LogP contribution in [0.4, 0.5) is 0 Å².